The van der Waals surface area contributed by atoms with Crippen molar-refractivity contribution < 1.29 is 34.8 Å². The van der Waals surface area contributed by atoms with Gasteiger partial charge in [0.25, 0.3) is 5.91 Å². The van der Waals surface area contributed by atoms with Gasteiger partial charge in [-0.2, -0.15) is 0 Å². The number of Topliss-reactive ketones (excluding diaryl/α,β-unsaturated/α-hetero) is 1. The van der Waals surface area contributed by atoms with E-state index in [2.05, 4.69) is 5.32 Å². The van der Waals surface area contributed by atoms with Crippen LogP contribution in [0.5, 0.6) is 23.0 Å². The normalized spacial score (nSPS) is 12.6. The van der Waals surface area contributed by atoms with Gasteiger partial charge in [-0.25, -0.2) is 0 Å². The molecule has 0 bridgehead atoms. The molecule has 0 atom stereocenters. The highest BCUT2D eigenvalue weighted by molar-refractivity contribution is 6.14. The van der Waals surface area contributed by atoms with Crippen LogP contribution in [-0.4, -0.2) is 42.8 Å². The van der Waals surface area contributed by atoms with Crippen molar-refractivity contribution in [3.05, 3.63) is 155 Å². The second kappa shape index (κ2) is 12.2. The van der Waals surface area contributed by atoms with E-state index < -0.39 is 34.7 Å². The summed E-state index contributed by atoms with van der Waals surface area (Å²) >= 11 is 0. The lowest BCUT2D eigenvalue weighted by molar-refractivity contribution is 0.0963. The number of carbonyl (C=O) groups is 3. The van der Waals surface area contributed by atoms with Crippen molar-refractivity contribution in [1.29, 1.82) is 0 Å². The molecule has 1 aliphatic heterocycles. The smallest absolute Gasteiger partial charge is 0.255 e. The van der Waals surface area contributed by atoms with Crippen LogP contribution in [0.3, 0.4) is 0 Å². The first-order valence-electron chi connectivity index (χ1n) is 13.1. The molecule has 0 unspecified atom stereocenters. The molecule has 5 rings (SSSR count). The van der Waals surface area contributed by atoms with E-state index in [9.17, 15) is 34.8 Å². The SMILES string of the molecule is O=C(NC1=CN(Cc2ccccc2)C=CC=C1C(=O)c1ccc(C(=O)c2cc(O)cc(O)c2O)cc1)c1ccc(O)cc1. The summed E-state index contributed by atoms with van der Waals surface area (Å²) in [4.78, 5) is 41.7. The molecule has 43 heavy (non-hydrogen) atoms. The maximum atomic E-state index is 13.7. The number of hydrogen-bond acceptors (Lipinski definition) is 8. The van der Waals surface area contributed by atoms with E-state index in [1.807, 2.05) is 35.2 Å². The summed E-state index contributed by atoms with van der Waals surface area (Å²) in [7, 11) is 0. The zero-order valence-electron chi connectivity index (χ0n) is 22.6. The number of phenols is 4. The Morgan fingerprint density at radius 3 is 2.00 bits per heavy atom. The molecule has 1 aliphatic rings. The number of hydrogen-bond donors (Lipinski definition) is 5. The van der Waals surface area contributed by atoms with Gasteiger partial charge in [-0.05, 0) is 48.0 Å². The highest BCUT2D eigenvalue weighted by Crippen LogP contribution is 2.34. The van der Waals surface area contributed by atoms with Gasteiger partial charge in [0.2, 0.25) is 0 Å². The summed E-state index contributed by atoms with van der Waals surface area (Å²) in [5.41, 5.74) is 1.75. The van der Waals surface area contributed by atoms with E-state index in [0.29, 0.717) is 6.54 Å². The quantitative estimate of drug-likeness (QED) is 0.110. The van der Waals surface area contributed by atoms with E-state index in [1.165, 1.54) is 48.5 Å². The van der Waals surface area contributed by atoms with Crippen LogP contribution in [0.1, 0.15) is 42.2 Å². The molecule has 214 valence electrons. The Hall–Kier alpha value is -6.09. The third-order valence-electron chi connectivity index (χ3n) is 6.68. The first kappa shape index (κ1) is 28.4. The number of amides is 1. The molecule has 5 N–H and O–H groups in total. The average molecular weight is 575 g/mol. The maximum Gasteiger partial charge on any atom is 0.255 e. The third-order valence-corrected chi connectivity index (χ3v) is 6.68. The van der Waals surface area contributed by atoms with Crippen LogP contribution < -0.4 is 5.32 Å². The molecule has 4 aromatic rings. The molecule has 0 aromatic heterocycles. The fraction of sp³-hybridized carbons (Fsp3) is 0.0294. The van der Waals surface area contributed by atoms with Gasteiger partial charge in [-0.3, -0.25) is 14.4 Å². The lowest BCUT2D eigenvalue weighted by Gasteiger charge is -2.18. The van der Waals surface area contributed by atoms with Crippen molar-refractivity contribution in [2.24, 2.45) is 0 Å². The predicted molar refractivity (Wildman–Crippen MR) is 159 cm³/mol. The molecule has 0 spiro atoms. The second-order valence-electron chi connectivity index (χ2n) is 9.72. The van der Waals surface area contributed by atoms with Crippen molar-refractivity contribution in [1.82, 2.24) is 10.2 Å². The Morgan fingerprint density at radius 1 is 0.698 bits per heavy atom. The lowest BCUT2D eigenvalue weighted by Crippen LogP contribution is -2.27. The Morgan fingerprint density at radius 2 is 1.33 bits per heavy atom. The van der Waals surface area contributed by atoms with Crippen LogP contribution in [0.15, 0.2) is 127 Å². The van der Waals surface area contributed by atoms with Crippen LogP contribution in [-0.2, 0) is 6.54 Å². The number of rotatable bonds is 8. The van der Waals surface area contributed by atoms with Gasteiger partial charge in [0.15, 0.2) is 23.1 Å². The highest BCUT2D eigenvalue weighted by Gasteiger charge is 2.23. The maximum absolute atomic E-state index is 13.7. The molecule has 0 aliphatic carbocycles. The van der Waals surface area contributed by atoms with Crippen molar-refractivity contribution in [3.8, 4) is 23.0 Å². The van der Waals surface area contributed by atoms with Gasteiger partial charge < -0.3 is 30.6 Å². The zero-order valence-corrected chi connectivity index (χ0v) is 22.6. The molecule has 9 nitrogen and oxygen atoms in total. The van der Waals surface area contributed by atoms with Crippen LogP contribution in [0.2, 0.25) is 0 Å². The molecule has 1 amide bonds. The molecule has 0 saturated heterocycles. The summed E-state index contributed by atoms with van der Waals surface area (Å²) in [6, 6.07) is 23.0. The second-order valence-corrected chi connectivity index (χ2v) is 9.72. The Balaban J connectivity index is 1.43. The fourth-order valence-corrected chi connectivity index (χ4v) is 4.48. The summed E-state index contributed by atoms with van der Waals surface area (Å²) in [6.07, 6.45) is 6.72. The van der Waals surface area contributed by atoms with E-state index in [1.54, 1.807) is 24.6 Å². The van der Waals surface area contributed by atoms with Gasteiger partial charge in [-0.1, -0.05) is 54.6 Å². The predicted octanol–water partition coefficient (Wildman–Crippen LogP) is 5.15. The Kier molecular flexibility index (Phi) is 8.06. The molecular weight excluding hydrogens is 548 g/mol. The minimum Gasteiger partial charge on any atom is -0.508 e. The first-order chi connectivity index (χ1) is 20.7. The number of carbonyl (C=O) groups excluding carboxylic acids is 3. The van der Waals surface area contributed by atoms with Crippen LogP contribution in [0.4, 0.5) is 0 Å². The van der Waals surface area contributed by atoms with Crippen molar-refractivity contribution in [2.75, 3.05) is 0 Å². The third kappa shape index (κ3) is 6.47. The van der Waals surface area contributed by atoms with Crippen molar-refractivity contribution >= 4 is 17.5 Å². The molecule has 0 fully saturated rings. The zero-order chi connectivity index (χ0) is 30.5. The largest absolute Gasteiger partial charge is 0.508 e. The molecule has 4 aromatic carbocycles. The van der Waals surface area contributed by atoms with Gasteiger partial charge in [0.05, 0.1) is 11.3 Å². The van der Waals surface area contributed by atoms with Crippen molar-refractivity contribution in [2.45, 2.75) is 6.54 Å². The van der Waals surface area contributed by atoms with Crippen LogP contribution in [0.25, 0.3) is 0 Å². The first-order valence-corrected chi connectivity index (χ1v) is 13.1. The van der Waals surface area contributed by atoms with Crippen LogP contribution in [0, 0.1) is 0 Å². The lowest BCUT2D eigenvalue weighted by atomic mass is 9.96. The highest BCUT2D eigenvalue weighted by atomic mass is 16.3. The van der Waals surface area contributed by atoms with E-state index in [0.717, 1.165) is 17.7 Å². The number of ketones is 2. The number of aromatic hydroxyl groups is 4. The summed E-state index contributed by atoms with van der Waals surface area (Å²) < 4.78 is 0. The number of nitrogens with zero attached hydrogens (tertiary/aromatic N) is 1. The standard InChI is InChI=1S/C34H26N2O7/c37-25-14-12-24(13-15-25)34(43)35-29-20-36(19-21-5-2-1-3-6-21)16-4-7-27(29)31(40)22-8-10-23(11-9-22)32(41)28-17-26(38)18-30(39)33(28)42/h1-18,20,37-39,42H,19H2,(H,35,43). The molecule has 0 radical (unpaired) electrons. The van der Waals surface area contributed by atoms with E-state index >= 15 is 0 Å². The molecular formula is C34H26N2O7. The van der Waals surface area contributed by atoms with Gasteiger partial charge in [0, 0.05) is 47.3 Å². The minimum absolute atomic E-state index is 0.0113. The van der Waals surface area contributed by atoms with Crippen LogP contribution >= 0.6 is 0 Å². The average Bonchev–Trinajstić information content (AvgIpc) is 3.20. The van der Waals surface area contributed by atoms with Gasteiger partial charge in [0.1, 0.15) is 11.5 Å². The summed E-state index contributed by atoms with van der Waals surface area (Å²) in [6.45, 7) is 0.472. The van der Waals surface area contributed by atoms with Crippen molar-refractivity contribution in [3.63, 3.8) is 0 Å². The molecule has 9 heteroatoms. The van der Waals surface area contributed by atoms with E-state index in [-0.39, 0.29) is 39.3 Å². The van der Waals surface area contributed by atoms with Gasteiger partial charge >= 0.3 is 0 Å². The Labute approximate surface area is 246 Å². The number of allylic oxidation sites excluding steroid dienone is 3. The van der Waals surface area contributed by atoms with Gasteiger partial charge in [-0.15, -0.1) is 0 Å². The summed E-state index contributed by atoms with van der Waals surface area (Å²) in [5, 5.41) is 42.0. The Bertz CT molecular complexity index is 1790. The number of nitrogens with one attached hydrogen (secondary N) is 1. The summed E-state index contributed by atoms with van der Waals surface area (Å²) in [5.74, 6) is -3.28. The fourth-order valence-electron chi connectivity index (χ4n) is 4.48. The minimum atomic E-state index is -0.669. The monoisotopic (exact) mass is 574 g/mol. The molecule has 0 saturated carbocycles. The van der Waals surface area contributed by atoms with E-state index in [4.69, 9.17) is 0 Å². The number of phenolic OH excluding ortho intramolecular Hbond substituents is 4. The molecule has 1 heterocycles. The topological polar surface area (TPSA) is 147 Å². The number of benzene rings is 4.